The van der Waals surface area contributed by atoms with Crippen molar-refractivity contribution in [2.45, 2.75) is 19.8 Å². The molecule has 0 spiro atoms. The smallest absolute Gasteiger partial charge is 0.329 e. The minimum atomic E-state index is -0.567. The van der Waals surface area contributed by atoms with Crippen LogP contribution in [0, 0.1) is 0 Å². The minimum absolute atomic E-state index is 0.0481. The maximum atomic E-state index is 10.6. The molecule has 64 valence electrons. The van der Waals surface area contributed by atoms with E-state index in [9.17, 15) is 9.59 Å². The molecule has 0 rings (SSSR count). The number of hydroxylamine groups is 1. The quantitative estimate of drug-likeness (QED) is 0.539. The van der Waals surface area contributed by atoms with Gasteiger partial charge >= 0.3 is 5.97 Å². The van der Waals surface area contributed by atoms with Crippen LogP contribution in [0.4, 0.5) is 0 Å². The Morgan fingerprint density at radius 1 is 1.55 bits per heavy atom. The van der Waals surface area contributed by atoms with Gasteiger partial charge in [-0.15, -0.1) is 0 Å². The summed E-state index contributed by atoms with van der Waals surface area (Å²) in [5.74, 6) is -0.975. The van der Waals surface area contributed by atoms with E-state index in [0.717, 1.165) is 0 Å². The molecule has 0 bridgehead atoms. The van der Waals surface area contributed by atoms with Gasteiger partial charge in [0, 0.05) is 20.0 Å². The third-order valence-corrected chi connectivity index (χ3v) is 0.871. The van der Waals surface area contributed by atoms with Crippen molar-refractivity contribution in [3.05, 3.63) is 0 Å². The summed E-state index contributed by atoms with van der Waals surface area (Å²) in [6, 6.07) is 0. The normalized spacial score (nSPS) is 8.91. The molecule has 5 nitrogen and oxygen atoms in total. The lowest BCUT2D eigenvalue weighted by molar-refractivity contribution is -0.156. The average molecular weight is 161 g/mol. The molecule has 0 unspecified atom stereocenters. The minimum Gasteiger partial charge on any atom is -0.396 e. The first-order valence-electron chi connectivity index (χ1n) is 3.24. The number of nitrogens with one attached hydrogen (secondary N) is 1. The van der Waals surface area contributed by atoms with Gasteiger partial charge in [0.2, 0.25) is 0 Å². The Hall–Kier alpha value is -1.10. The van der Waals surface area contributed by atoms with Crippen LogP contribution in [0.1, 0.15) is 19.8 Å². The zero-order valence-electron chi connectivity index (χ0n) is 6.29. The van der Waals surface area contributed by atoms with Crippen molar-refractivity contribution in [3.63, 3.8) is 0 Å². The van der Waals surface area contributed by atoms with E-state index < -0.39 is 11.9 Å². The summed E-state index contributed by atoms with van der Waals surface area (Å²) in [6.07, 6.45) is 0.525. The second-order valence-electron chi connectivity index (χ2n) is 1.95. The van der Waals surface area contributed by atoms with Crippen molar-refractivity contribution in [2.24, 2.45) is 0 Å². The van der Waals surface area contributed by atoms with Gasteiger partial charge in [-0.2, -0.15) is 5.48 Å². The molecule has 0 aromatic rings. The second kappa shape index (κ2) is 5.67. The number of hydrogen-bond donors (Lipinski definition) is 2. The molecule has 0 aromatic carbocycles. The van der Waals surface area contributed by atoms with Gasteiger partial charge in [-0.3, -0.25) is 9.59 Å². The first-order valence-corrected chi connectivity index (χ1v) is 3.24. The molecule has 5 heteroatoms. The lowest BCUT2D eigenvalue weighted by Gasteiger charge is -2.01. The average Bonchev–Trinajstić information content (AvgIpc) is 1.97. The molecule has 2 N–H and O–H groups in total. The van der Waals surface area contributed by atoms with Gasteiger partial charge in [0.05, 0.1) is 0 Å². The van der Waals surface area contributed by atoms with E-state index in [2.05, 4.69) is 4.84 Å². The number of rotatable bonds is 3. The SMILES string of the molecule is CC(=O)ONC(=O)CCCO. The first kappa shape index (κ1) is 9.90. The van der Waals surface area contributed by atoms with Gasteiger partial charge in [0.15, 0.2) is 0 Å². The lowest BCUT2D eigenvalue weighted by Crippen LogP contribution is -2.25. The molecule has 0 atom stereocenters. The summed E-state index contributed by atoms with van der Waals surface area (Å²) in [5.41, 5.74) is 1.92. The molecular weight excluding hydrogens is 150 g/mol. The number of hydrogen-bond acceptors (Lipinski definition) is 4. The molecule has 11 heavy (non-hydrogen) atoms. The number of carbonyl (C=O) groups is 2. The molecule has 0 aliphatic heterocycles. The summed E-state index contributed by atoms with van der Waals surface area (Å²) in [6.45, 7) is 1.14. The van der Waals surface area contributed by atoms with E-state index in [1.807, 2.05) is 5.48 Å². The zero-order chi connectivity index (χ0) is 8.69. The fourth-order valence-corrected chi connectivity index (χ4v) is 0.419. The van der Waals surface area contributed by atoms with Crippen molar-refractivity contribution in [1.82, 2.24) is 5.48 Å². The van der Waals surface area contributed by atoms with Crippen molar-refractivity contribution in [3.8, 4) is 0 Å². The summed E-state index contributed by atoms with van der Waals surface area (Å²) < 4.78 is 0. The van der Waals surface area contributed by atoms with E-state index in [0.29, 0.717) is 6.42 Å². The molecule has 0 radical (unpaired) electrons. The topological polar surface area (TPSA) is 75.6 Å². The standard InChI is InChI=1S/C6H11NO4/c1-5(9)11-7-6(10)3-2-4-8/h8H,2-4H2,1H3,(H,7,10). The fourth-order valence-electron chi connectivity index (χ4n) is 0.419. The van der Waals surface area contributed by atoms with Gasteiger partial charge in [0.25, 0.3) is 5.91 Å². The first-order chi connectivity index (χ1) is 5.16. The Morgan fingerprint density at radius 2 is 2.18 bits per heavy atom. The Kier molecular flexibility index (Phi) is 5.10. The van der Waals surface area contributed by atoms with Gasteiger partial charge in [0.1, 0.15) is 0 Å². The fraction of sp³-hybridized carbons (Fsp3) is 0.667. The number of aliphatic hydroxyl groups excluding tert-OH is 1. The second-order valence-corrected chi connectivity index (χ2v) is 1.95. The molecule has 0 fully saturated rings. The van der Waals surface area contributed by atoms with Crippen LogP contribution in [0.5, 0.6) is 0 Å². The Morgan fingerprint density at radius 3 is 2.64 bits per heavy atom. The van der Waals surface area contributed by atoms with Gasteiger partial charge in [-0.05, 0) is 6.42 Å². The van der Waals surface area contributed by atoms with E-state index in [1.54, 1.807) is 0 Å². The van der Waals surface area contributed by atoms with Gasteiger partial charge in [-0.1, -0.05) is 0 Å². The lowest BCUT2D eigenvalue weighted by atomic mass is 10.3. The predicted molar refractivity (Wildman–Crippen MR) is 36.2 cm³/mol. The van der Waals surface area contributed by atoms with Gasteiger partial charge in [-0.25, -0.2) is 0 Å². The van der Waals surface area contributed by atoms with Crippen LogP contribution in [0.3, 0.4) is 0 Å². The van der Waals surface area contributed by atoms with Crippen LogP contribution in [0.25, 0.3) is 0 Å². The molecule has 0 aromatic heterocycles. The zero-order valence-corrected chi connectivity index (χ0v) is 6.29. The largest absolute Gasteiger partial charge is 0.396 e. The Balaban J connectivity index is 3.30. The molecule has 0 aliphatic rings. The predicted octanol–water partition coefficient (Wildman–Crippen LogP) is -0.647. The van der Waals surface area contributed by atoms with Crippen LogP contribution in [0.15, 0.2) is 0 Å². The van der Waals surface area contributed by atoms with Gasteiger partial charge < -0.3 is 9.94 Å². The van der Waals surface area contributed by atoms with Crippen molar-refractivity contribution in [1.29, 1.82) is 0 Å². The summed E-state index contributed by atoms with van der Waals surface area (Å²) >= 11 is 0. The van der Waals surface area contributed by atoms with E-state index in [1.165, 1.54) is 6.92 Å². The third kappa shape index (κ3) is 6.79. The molecule has 0 heterocycles. The molecule has 0 aliphatic carbocycles. The van der Waals surface area contributed by atoms with Crippen molar-refractivity contribution in [2.75, 3.05) is 6.61 Å². The Labute approximate surface area is 64.3 Å². The van der Waals surface area contributed by atoms with Crippen LogP contribution >= 0.6 is 0 Å². The number of aliphatic hydroxyl groups is 1. The number of amides is 1. The van der Waals surface area contributed by atoms with Crippen LogP contribution in [0.2, 0.25) is 0 Å². The Bertz CT molecular complexity index is 146. The maximum absolute atomic E-state index is 10.6. The van der Waals surface area contributed by atoms with E-state index in [-0.39, 0.29) is 13.0 Å². The van der Waals surface area contributed by atoms with Crippen molar-refractivity contribution >= 4 is 11.9 Å². The summed E-state index contributed by atoms with van der Waals surface area (Å²) in [4.78, 5) is 24.9. The van der Waals surface area contributed by atoms with E-state index in [4.69, 9.17) is 5.11 Å². The molecule has 1 amide bonds. The van der Waals surface area contributed by atoms with Crippen LogP contribution in [-0.2, 0) is 14.4 Å². The molecule has 0 saturated carbocycles. The van der Waals surface area contributed by atoms with Crippen LogP contribution in [-0.4, -0.2) is 23.6 Å². The highest BCUT2D eigenvalue weighted by atomic mass is 16.7. The summed E-state index contributed by atoms with van der Waals surface area (Å²) in [5, 5.41) is 8.30. The molecule has 0 saturated heterocycles. The number of carbonyl (C=O) groups excluding carboxylic acids is 2. The van der Waals surface area contributed by atoms with Crippen molar-refractivity contribution < 1.29 is 19.5 Å². The highest BCUT2D eigenvalue weighted by Gasteiger charge is 2.00. The highest BCUT2D eigenvalue weighted by molar-refractivity contribution is 5.77. The highest BCUT2D eigenvalue weighted by Crippen LogP contribution is 1.86. The van der Waals surface area contributed by atoms with E-state index >= 15 is 0 Å². The monoisotopic (exact) mass is 161 g/mol. The third-order valence-electron chi connectivity index (χ3n) is 0.871. The maximum Gasteiger partial charge on any atom is 0.329 e. The summed E-state index contributed by atoms with van der Waals surface area (Å²) in [7, 11) is 0. The molecular formula is C6H11NO4. The van der Waals surface area contributed by atoms with Crippen LogP contribution < -0.4 is 5.48 Å².